The molecule has 4 nitrogen and oxygen atoms in total. The topological polar surface area (TPSA) is 45.7 Å². The van der Waals surface area contributed by atoms with E-state index < -0.39 is 0 Å². The van der Waals surface area contributed by atoms with E-state index in [1.165, 1.54) is 28.8 Å². The van der Waals surface area contributed by atoms with Crippen LogP contribution >= 0.6 is 11.3 Å². The minimum atomic E-state index is 0.699. The van der Waals surface area contributed by atoms with Gasteiger partial charge in [-0.05, 0) is 48.8 Å². The van der Waals surface area contributed by atoms with E-state index in [0.29, 0.717) is 6.54 Å². The van der Waals surface area contributed by atoms with Crippen molar-refractivity contribution in [2.75, 3.05) is 13.7 Å². The van der Waals surface area contributed by atoms with Gasteiger partial charge in [-0.15, -0.1) is 11.3 Å². The summed E-state index contributed by atoms with van der Waals surface area (Å²) in [5, 5.41) is 8.80. The lowest BCUT2D eigenvalue weighted by Crippen LogP contribution is -2.36. The van der Waals surface area contributed by atoms with Crippen molar-refractivity contribution in [1.82, 2.24) is 10.6 Å². The van der Waals surface area contributed by atoms with Crippen molar-refractivity contribution >= 4 is 17.3 Å². The lowest BCUT2D eigenvalue weighted by molar-refractivity contribution is 0.296. The van der Waals surface area contributed by atoms with Gasteiger partial charge in [0.1, 0.15) is 5.75 Å². The fourth-order valence-electron chi connectivity index (χ4n) is 2.42. The highest BCUT2D eigenvalue weighted by Crippen LogP contribution is 2.30. The van der Waals surface area contributed by atoms with Crippen LogP contribution in [0.15, 0.2) is 40.7 Å². The number of aliphatic imine (C=N–C) groups is 1. The van der Waals surface area contributed by atoms with Crippen LogP contribution in [0.5, 0.6) is 5.75 Å². The Kier molecular flexibility index (Phi) is 5.75. The summed E-state index contributed by atoms with van der Waals surface area (Å²) in [6.07, 6.45) is 2.61. The third-order valence-corrected chi connectivity index (χ3v) is 4.95. The first kappa shape index (κ1) is 16.8. The van der Waals surface area contributed by atoms with Gasteiger partial charge >= 0.3 is 0 Å². The molecule has 0 unspecified atom stereocenters. The second-order valence-electron chi connectivity index (χ2n) is 6.22. The van der Waals surface area contributed by atoms with Crippen LogP contribution in [0, 0.1) is 12.8 Å². The van der Waals surface area contributed by atoms with Crippen LogP contribution in [0.3, 0.4) is 0 Å². The third kappa shape index (κ3) is 4.99. The standard InChI is InChI=1S/C19H25N3OS/c1-14-5-8-16(18(10-14)23-13-15-6-7-15)11-21-19(20-2)22-12-17-4-3-9-24-17/h3-5,8-10,15H,6-7,11-13H2,1-2H3,(H2,20,21,22). The van der Waals surface area contributed by atoms with Crippen molar-refractivity contribution in [2.24, 2.45) is 10.9 Å². The summed E-state index contributed by atoms with van der Waals surface area (Å²) in [4.78, 5) is 5.59. The molecule has 2 aromatic rings. The first-order valence-electron chi connectivity index (χ1n) is 8.44. The molecule has 0 bridgehead atoms. The summed E-state index contributed by atoms with van der Waals surface area (Å²) in [6.45, 7) is 4.42. The number of guanidine groups is 1. The average Bonchev–Trinajstić information content (AvgIpc) is 3.28. The van der Waals surface area contributed by atoms with E-state index in [4.69, 9.17) is 4.74 Å². The molecule has 0 amide bonds. The van der Waals surface area contributed by atoms with Gasteiger partial charge in [-0.1, -0.05) is 18.2 Å². The third-order valence-electron chi connectivity index (χ3n) is 4.07. The van der Waals surface area contributed by atoms with Crippen molar-refractivity contribution in [1.29, 1.82) is 0 Å². The number of hydrogen-bond acceptors (Lipinski definition) is 3. The van der Waals surface area contributed by atoms with Gasteiger partial charge in [0.15, 0.2) is 5.96 Å². The molecule has 24 heavy (non-hydrogen) atoms. The lowest BCUT2D eigenvalue weighted by Gasteiger charge is -2.15. The molecule has 128 valence electrons. The predicted molar refractivity (Wildman–Crippen MR) is 101 cm³/mol. The van der Waals surface area contributed by atoms with E-state index in [0.717, 1.165) is 30.8 Å². The quantitative estimate of drug-likeness (QED) is 0.595. The van der Waals surface area contributed by atoms with Gasteiger partial charge in [-0.2, -0.15) is 0 Å². The number of nitrogens with one attached hydrogen (secondary N) is 2. The second kappa shape index (κ2) is 8.20. The first-order valence-corrected chi connectivity index (χ1v) is 9.32. The fourth-order valence-corrected chi connectivity index (χ4v) is 3.06. The van der Waals surface area contributed by atoms with Crippen LogP contribution in [0.25, 0.3) is 0 Å². The molecule has 0 radical (unpaired) electrons. The predicted octanol–water partition coefficient (Wildman–Crippen LogP) is 3.71. The van der Waals surface area contributed by atoms with Crippen LogP contribution in [0.2, 0.25) is 0 Å². The second-order valence-corrected chi connectivity index (χ2v) is 7.26. The van der Waals surface area contributed by atoms with E-state index in [-0.39, 0.29) is 0 Å². The number of benzene rings is 1. The highest BCUT2D eigenvalue weighted by molar-refractivity contribution is 7.09. The molecule has 1 fully saturated rings. The molecule has 0 saturated heterocycles. The Bertz CT molecular complexity index is 678. The number of thiophene rings is 1. The maximum Gasteiger partial charge on any atom is 0.191 e. The minimum Gasteiger partial charge on any atom is -0.493 e. The molecular formula is C19H25N3OS. The van der Waals surface area contributed by atoms with Crippen LogP contribution in [0.4, 0.5) is 0 Å². The average molecular weight is 343 g/mol. The number of rotatable bonds is 7. The van der Waals surface area contributed by atoms with Gasteiger partial charge in [-0.3, -0.25) is 4.99 Å². The van der Waals surface area contributed by atoms with Gasteiger partial charge in [-0.25, -0.2) is 0 Å². The number of ether oxygens (including phenoxy) is 1. The van der Waals surface area contributed by atoms with Crippen molar-refractivity contribution in [3.63, 3.8) is 0 Å². The largest absolute Gasteiger partial charge is 0.493 e. The Hall–Kier alpha value is -2.01. The van der Waals surface area contributed by atoms with Gasteiger partial charge in [0, 0.05) is 24.0 Å². The van der Waals surface area contributed by atoms with Gasteiger partial charge < -0.3 is 15.4 Å². The fraction of sp³-hybridized carbons (Fsp3) is 0.421. The van der Waals surface area contributed by atoms with E-state index >= 15 is 0 Å². The smallest absolute Gasteiger partial charge is 0.191 e. The molecule has 0 spiro atoms. The Morgan fingerprint density at radius 2 is 2.08 bits per heavy atom. The van der Waals surface area contributed by atoms with Crippen LogP contribution in [-0.4, -0.2) is 19.6 Å². The molecule has 0 aliphatic heterocycles. The number of hydrogen-bond donors (Lipinski definition) is 2. The molecule has 5 heteroatoms. The normalized spacial score (nSPS) is 14.5. The molecule has 3 rings (SSSR count). The minimum absolute atomic E-state index is 0.699. The molecule has 1 heterocycles. The number of nitrogens with zero attached hydrogens (tertiary/aromatic N) is 1. The van der Waals surface area contributed by atoms with Gasteiger partial charge in [0.05, 0.1) is 13.2 Å². The Morgan fingerprint density at radius 3 is 2.79 bits per heavy atom. The summed E-state index contributed by atoms with van der Waals surface area (Å²) in [5.74, 6) is 2.55. The van der Waals surface area contributed by atoms with Crippen molar-refractivity contribution in [2.45, 2.75) is 32.9 Å². The molecule has 1 aromatic carbocycles. The lowest BCUT2D eigenvalue weighted by atomic mass is 10.1. The zero-order chi connectivity index (χ0) is 16.8. The first-order chi connectivity index (χ1) is 11.7. The van der Waals surface area contributed by atoms with Crippen molar-refractivity contribution < 1.29 is 4.74 Å². The molecule has 1 saturated carbocycles. The Labute approximate surface area is 148 Å². The van der Waals surface area contributed by atoms with Crippen molar-refractivity contribution in [3.8, 4) is 5.75 Å². The maximum absolute atomic E-state index is 6.03. The van der Waals surface area contributed by atoms with Gasteiger partial charge in [0.25, 0.3) is 0 Å². The summed E-state index contributed by atoms with van der Waals surface area (Å²) in [6, 6.07) is 10.6. The monoisotopic (exact) mass is 343 g/mol. The Balaban J connectivity index is 1.55. The molecule has 2 N–H and O–H groups in total. The van der Waals surface area contributed by atoms with Crippen LogP contribution < -0.4 is 15.4 Å². The van der Waals surface area contributed by atoms with E-state index in [9.17, 15) is 0 Å². The zero-order valence-corrected chi connectivity index (χ0v) is 15.2. The van der Waals surface area contributed by atoms with Crippen LogP contribution in [-0.2, 0) is 13.1 Å². The maximum atomic E-state index is 6.03. The molecule has 0 atom stereocenters. The number of aryl methyl sites for hydroxylation is 1. The SMILES string of the molecule is CN=C(NCc1cccs1)NCc1ccc(C)cc1OCC1CC1. The molecule has 1 aliphatic carbocycles. The highest BCUT2D eigenvalue weighted by Gasteiger charge is 2.22. The van der Waals surface area contributed by atoms with E-state index in [2.05, 4.69) is 58.3 Å². The van der Waals surface area contributed by atoms with Gasteiger partial charge in [0.2, 0.25) is 0 Å². The summed E-state index contributed by atoms with van der Waals surface area (Å²) in [7, 11) is 1.80. The summed E-state index contributed by atoms with van der Waals surface area (Å²) in [5.41, 5.74) is 2.39. The molecule has 1 aliphatic rings. The van der Waals surface area contributed by atoms with E-state index in [1.807, 2.05) is 0 Å². The highest BCUT2D eigenvalue weighted by atomic mass is 32.1. The summed E-state index contributed by atoms with van der Waals surface area (Å²) < 4.78 is 6.03. The van der Waals surface area contributed by atoms with Crippen molar-refractivity contribution in [3.05, 3.63) is 51.7 Å². The molecular weight excluding hydrogens is 318 g/mol. The van der Waals surface area contributed by atoms with E-state index in [1.54, 1.807) is 18.4 Å². The Morgan fingerprint density at radius 1 is 1.25 bits per heavy atom. The molecule has 1 aromatic heterocycles. The summed E-state index contributed by atoms with van der Waals surface area (Å²) >= 11 is 1.74. The zero-order valence-electron chi connectivity index (χ0n) is 14.3. The van der Waals surface area contributed by atoms with Crippen LogP contribution in [0.1, 0.15) is 28.8 Å².